The number of hydrogen-bond acceptors (Lipinski definition) is 2. The topological polar surface area (TPSA) is 35.8 Å². The van der Waals surface area contributed by atoms with Gasteiger partial charge in [-0.05, 0) is 25.3 Å². The molecule has 1 saturated carbocycles. The van der Waals surface area contributed by atoms with Crippen molar-refractivity contribution in [3.05, 3.63) is 35.4 Å². The van der Waals surface area contributed by atoms with Gasteiger partial charge in [-0.2, -0.15) is 5.26 Å². The van der Waals surface area contributed by atoms with Crippen molar-refractivity contribution in [3.8, 4) is 6.07 Å². The van der Waals surface area contributed by atoms with E-state index in [1.807, 2.05) is 0 Å². The van der Waals surface area contributed by atoms with Crippen LogP contribution in [-0.2, 0) is 6.54 Å². The van der Waals surface area contributed by atoms with Gasteiger partial charge in [-0.1, -0.05) is 36.2 Å². The van der Waals surface area contributed by atoms with Crippen molar-refractivity contribution in [2.45, 2.75) is 38.8 Å². The third-order valence-electron chi connectivity index (χ3n) is 3.37. The van der Waals surface area contributed by atoms with E-state index in [9.17, 15) is 0 Å². The molecule has 0 aromatic heterocycles. The summed E-state index contributed by atoms with van der Waals surface area (Å²) >= 11 is 0. The molecule has 1 N–H and O–H groups in total. The Morgan fingerprint density at radius 3 is 2.75 bits per heavy atom. The van der Waals surface area contributed by atoms with Crippen LogP contribution in [0, 0.1) is 24.2 Å². The highest BCUT2D eigenvalue weighted by Crippen LogP contribution is 2.25. The first kappa shape index (κ1) is 11.2. The van der Waals surface area contributed by atoms with Gasteiger partial charge >= 0.3 is 0 Å². The van der Waals surface area contributed by atoms with E-state index in [-0.39, 0.29) is 5.92 Å². The molecule has 1 fully saturated rings. The standard InChI is InChI=1S/C14H18N2/c1-11-5-7-12(8-6-11)10-16-14-4-2-3-13(14)9-15/h5-8,13-14,16H,2-4,10H2,1H3. The van der Waals surface area contributed by atoms with Crippen LogP contribution in [-0.4, -0.2) is 6.04 Å². The van der Waals surface area contributed by atoms with Crippen LogP contribution < -0.4 is 5.32 Å². The van der Waals surface area contributed by atoms with Gasteiger partial charge < -0.3 is 5.32 Å². The minimum absolute atomic E-state index is 0.213. The third kappa shape index (κ3) is 2.62. The van der Waals surface area contributed by atoms with Crippen molar-refractivity contribution in [1.82, 2.24) is 5.32 Å². The van der Waals surface area contributed by atoms with Crippen molar-refractivity contribution in [2.24, 2.45) is 5.92 Å². The van der Waals surface area contributed by atoms with E-state index in [1.54, 1.807) is 0 Å². The summed E-state index contributed by atoms with van der Waals surface area (Å²) in [4.78, 5) is 0. The van der Waals surface area contributed by atoms with E-state index in [2.05, 4.69) is 42.6 Å². The SMILES string of the molecule is Cc1ccc(CNC2CCCC2C#N)cc1. The number of benzene rings is 1. The molecule has 2 unspecified atom stereocenters. The summed E-state index contributed by atoms with van der Waals surface area (Å²) in [5.41, 5.74) is 2.59. The van der Waals surface area contributed by atoms with E-state index in [0.29, 0.717) is 6.04 Å². The first-order valence-electron chi connectivity index (χ1n) is 5.98. The fraction of sp³-hybridized carbons (Fsp3) is 0.500. The monoisotopic (exact) mass is 214 g/mol. The number of nitriles is 1. The fourth-order valence-corrected chi connectivity index (χ4v) is 2.31. The van der Waals surface area contributed by atoms with Crippen molar-refractivity contribution >= 4 is 0 Å². The Hall–Kier alpha value is -1.33. The molecule has 1 aromatic carbocycles. The maximum Gasteiger partial charge on any atom is 0.0672 e. The minimum atomic E-state index is 0.213. The van der Waals surface area contributed by atoms with Crippen molar-refractivity contribution in [3.63, 3.8) is 0 Å². The first-order chi connectivity index (χ1) is 7.79. The molecule has 2 nitrogen and oxygen atoms in total. The molecule has 0 bridgehead atoms. The van der Waals surface area contributed by atoms with E-state index in [4.69, 9.17) is 5.26 Å². The molecular formula is C14H18N2. The van der Waals surface area contributed by atoms with Gasteiger partial charge in [0, 0.05) is 12.6 Å². The predicted molar refractivity (Wildman–Crippen MR) is 64.8 cm³/mol. The Bertz CT molecular complexity index is 375. The zero-order chi connectivity index (χ0) is 11.4. The summed E-state index contributed by atoms with van der Waals surface area (Å²) < 4.78 is 0. The van der Waals surface area contributed by atoms with Gasteiger partial charge in [0.25, 0.3) is 0 Å². The molecule has 1 aromatic rings. The lowest BCUT2D eigenvalue weighted by molar-refractivity contribution is 0.464. The van der Waals surface area contributed by atoms with Crippen LogP contribution >= 0.6 is 0 Å². The van der Waals surface area contributed by atoms with Crippen LogP contribution in [0.1, 0.15) is 30.4 Å². The Balaban J connectivity index is 1.88. The number of rotatable bonds is 3. The van der Waals surface area contributed by atoms with Gasteiger partial charge in [0.1, 0.15) is 0 Å². The Labute approximate surface area is 97.3 Å². The molecule has 16 heavy (non-hydrogen) atoms. The van der Waals surface area contributed by atoms with Crippen molar-refractivity contribution in [1.29, 1.82) is 5.26 Å². The Morgan fingerprint density at radius 1 is 1.31 bits per heavy atom. The van der Waals surface area contributed by atoms with Gasteiger partial charge in [0.05, 0.1) is 12.0 Å². The van der Waals surface area contributed by atoms with E-state index < -0.39 is 0 Å². The van der Waals surface area contributed by atoms with Crippen LogP contribution in [0.25, 0.3) is 0 Å². The van der Waals surface area contributed by atoms with Gasteiger partial charge in [-0.15, -0.1) is 0 Å². The van der Waals surface area contributed by atoms with Crippen LogP contribution in [0.4, 0.5) is 0 Å². The average molecular weight is 214 g/mol. The molecule has 0 heterocycles. The normalized spacial score (nSPS) is 24.2. The summed E-state index contributed by atoms with van der Waals surface area (Å²) in [7, 11) is 0. The quantitative estimate of drug-likeness (QED) is 0.839. The maximum atomic E-state index is 8.98. The van der Waals surface area contributed by atoms with Crippen LogP contribution in [0.2, 0.25) is 0 Å². The second-order valence-corrected chi connectivity index (χ2v) is 4.64. The highest BCUT2D eigenvalue weighted by molar-refractivity contribution is 5.21. The molecule has 84 valence electrons. The van der Waals surface area contributed by atoms with Crippen LogP contribution in [0.5, 0.6) is 0 Å². The lowest BCUT2D eigenvalue weighted by Gasteiger charge is -2.15. The Kier molecular flexibility index (Phi) is 3.58. The van der Waals surface area contributed by atoms with Gasteiger partial charge in [0.15, 0.2) is 0 Å². The van der Waals surface area contributed by atoms with Crippen molar-refractivity contribution in [2.75, 3.05) is 0 Å². The molecule has 0 spiro atoms. The van der Waals surface area contributed by atoms with E-state index >= 15 is 0 Å². The number of aryl methyl sites for hydroxylation is 1. The van der Waals surface area contributed by atoms with Gasteiger partial charge in [-0.3, -0.25) is 0 Å². The summed E-state index contributed by atoms with van der Waals surface area (Å²) in [6.07, 6.45) is 3.38. The third-order valence-corrected chi connectivity index (χ3v) is 3.37. The number of nitrogens with one attached hydrogen (secondary N) is 1. The highest BCUT2D eigenvalue weighted by atomic mass is 14.9. The number of hydrogen-bond donors (Lipinski definition) is 1. The summed E-state index contributed by atoms with van der Waals surface area (Å²) in [5, 5.41) is 12.5. The second kappa shape index (κ2) is 5.14. The van der Waals surface area contributed by atoms with Crippen LogP contribution in [0.3, 0.4) is 0 Å². The van der Waals surface area contributed by atoms with E-state index in [0.717, 1.165) is 19.4 Å². The lowest BCUT2D eigenvalue weighted by Crippen LogP contribution is -2.31. The smallest absolute Gasteiger partial charge is 0.0672 e. The predicted octanol–water partition coefficient (Wildman–Crippen LogP) is 2.78. The molecule has 2 heteroatoms. The number of nitrogens with zero attached hydrogens (tertiary/aromatic N) is 1. The van der Waals surface area contributed by atoms with Gasteiger partial charge in [0.2, 0.25) is 0 Å². The molecule has 2 atom stereocenters. The first-order valence-corrected chi connectivity index (χ1v) is 5.98. The summed E-state index contributed by atoms with van der Waals surface area (Å²) in [5.74, 6) is 0.213. The molecule has 0 aliphatic heterocycles. The molecule has 1 aliphatic rings. The maximum absolute atomic E-state index is 8.98. The van der Waals surface area contributed by atoms with E-state index in [1.165, 1.54) is 17.5 Å². The Morgan fingerprint density at radius 2 is 2.06 bits per heavy atom. The zero-order valence-corrected chi connectivity index (χ0v) is 9.74. The molecule has 1 aliphatic carbocycles. The molecule has 0 amide bonds. The fourth-order valence-electron chi connectivity index (χ4n) is 2.31. The van der Waals surface area contributed by atoms with Crippen molar-refractivity contribution < 1.29 is 0 Å². The largest absolute Gasteiger partial charge is 0.309 e. The van der Waals surface area contributed by atoms with Crippen LogP contribution in [0.15, 0.2) is 24.3 Å². The molecule has 0 saturated heterocycles. The molecule has 0 radical (unpaired) electrons. The molecule has 2 rings (SSSR count). The lowest BCUT2D eigenvalue weighted by atomic mass is 10.1. The molecular weight excluding hydrogens is 196 g/mol. The van der Waals surface area contributed by atoms with Gasteiger partial charge in [-0.25, -0.2) is 0 Å². The zero-order valence-electron chi connectivity index (χ0n) is 9.74. The summed E-state index contributed by atoms with van der Waals surface area (Å²) in [6, 6.07) is 11.4. The second-order valence-electron chi connectivity index (χ2n) is 4.64. The average Bonchev–Trinajstić information content (AvgIpc) is 2.76. The minimum Gasteiger partial charge on any atom is -0.309 e. The summed E-state index contributed by atoms with van der Waals surface area (Å²) in [6.45, 7) is 2.98. The highest BCUT2D eigenvalue weighted by Gasteiger charge is 2.26.